The molecular formula is C32H46N8O2. The highest BCUT2D eigenvalue weighted by Crippen LogP contribution is 2.32. The summed E-state index contributed by atoms with van der Waals surface area (Å²) in [6.45, 7) is 10.6. The SMILES string of the molecule is CCN(C)c1ncccc1Cn1ccc2cnc(Nc3ccc(C4CCN(CCN(C)C)CC4)c(C)c3)nc21.COO. The van der Waals surface area contributed by atoms with Gasteiger partial charge in [-0.1, -0.05) is 12.1 Å². The molecule has 1 saturated heterocycles. The Morgan fingerprint density at radius 1 is 1.10 bits per heavy atom. The molecule has 5 rings (SSSR count). The lowest BCUT2D eigenvalue weighted by molar-refractivity contribution is -0.214. The van der Waals surface area contributed by atoms with Gasteiger partial charge in [0.05, 0.1) is 13.7 Å². The van der Waals surface area contributed by atoms with Crippen LogP contribution in [0.1, 0.15) is 42.4 Å². The van der Waals surface area contributed by atoms with E-state index < -0.39 is 0 Å². The highest BCUT2D eigenvalue weighted by molar-refractivity contribution is 5.77. The molecule has 4 heterocycles. The number of nitrogens with one attached hydrogen (secondary N) is 1. The Morgan fingerprint density at radius 3 is 2.55 bits per heavy atom. The van der Waals surface area contributed by atoms with Gasteiger partial charge in [0.25, 0.3) is 0 Å². The Balaban J connectivity index is 0.00000129. The van der Waals surface area contributed by atoms with Crippen LogP contribution in [0, 0.1) is 6.92 Å². The largest absolute Gasteiger partial charge is 0.360 e. The van der Waals surface area contributed by atoms with Crippen LogP contribution in [-0.4, -0.2) is 95.6 Å². The Morgan fingerprint density at radius 2 is 1.86 bits per heavy atom. The van der Waals surface area contributed by atoms with E-state index in [1.54, 1.807) is 0 Å². The van der Waals surface area contributed by atoms with Crippen molar-refractivity contribution in [3.05, 3.63) is 71.7 Å². The van der Waals surface area contributed by atoms with Gasteiger partial charge in [-0.3, -0.25) is 5.26 Å². The van der Waals surface area contributed by atoms with Gasteiger partial charge in [0, 0.05) is 61.9 Å². The number of hydrogen-bond donors (Lipinski definition) is 2. The van der Waals surface area contributed by atoms with E-state index in [0.29, 0.717) is 18.4 Å². The summed E-state index contributed by atoms with van der Waals surface area (Å²) in [5.74, 6) is 2.25. The van der Waals surface area contributed by atoms with E-state index in [9.17, 15) is 0 Å². The van der Waals surface area contributed by atoms with Crippen LogP contribution in [0.4, 0.5) is 17.5 Å². The molecule has 2 N–H and O–H groups in total. The zero-order valence-corrected chi connectivity index (χ0v) is 25.9. The number of likely N-dealkylation sites (tertiary alicyclic amines) is 1. The van der Waals surface area contributed by atoms with E-state index in [1.807, 2.05) is 18.5 Å². The number of fused-ring (bicyclic) bond motifs is 1. The number of likely N-dealkylation sites (N-methyl/N-ethyl adjacent to an activating group) is 1. The van der Waals surface area contributed by atoms with Crippen molar-refractivity contribution >= 4 is 28.5 Å². The van der Waals surface area contributed by atoms with E-state index in [0.717, 1.165) is 42.2 Å². The van der Waals surface area contributed by atoms with Crippen LogP contribution < -0.4 is 10.2 Å². The number of piperidine rings is 1. The average molecular weight is 575 g/mol. The molecule has 0 atom stereocenters. The van der Waals surface area contributed by atoms with Gasteiger partial charge < -0.3 is 24.6 Å². The van der Waals surface area contributed by atoms with E-state index in [2.05, 4.69) is 111 Å². The van der Waals surface area contributed by atoms with Gasteiger partial charge in [0.1, 0.15) is 11.5 Å². The van der Waals surface area contributed by atoms with Crippen molar-refractivity contribution in [2.24, 2.45) is 0 Å². The first-order valence-corrected chi connectivity index (χ1v) is 14.7. The molecule has 0 bridgehead atoms. The first-order valence-electron chi connectivity index (χ1n) is 14.7. The predicted molar refractivity (Wildman–Crippen MR) is 171 cm³/mol. The summed E-state index contributed by atoms with van der Waals surface area (Å²) in [4.78, 5) is 24.4. The molecule has 4 aromatic rings. The number of benzene rings is 1. The highest BCUT2D eigenvalue weighted by atomic mass is 17.1. The predicted octanol–water partition coefficient (Wildman–Crippen LogP) is 5.23. The minimum atomic E-state index is 0.612. The summed E-state index contributed by atoms with van der Waals surface area (Å²) in [6, 6.07) is 12.9. The number of rotatable bonds is 10. The molecule has 42 heavy (non-hydrogen) atoms. The fourth-order valence-corrected chi connectivity index (χ4v) is 5.54. The highest BCUT2D eigenvalue weighted by Gasteiger charge is 2.22. The van der Waals surface area contributed by atoms with E-state index in [-0.39, 0.29) is 0 Å². The number of anilines is 3. The van der Waals surface area contributed by atoms with Crippen molar-refractivity contribution in [2.45, 2.75) is 39.2 Å². The number of nitrogens with zero attached hydrogens (tertiary/aromatic N) is 7. The standard InChI is InChI=1S/C31H42N8.CH4O2/c1-6-37(5)29-26(8-7-14-32-29)22-39-17-13-25-21-33-31(35-30(25)39)34-27-9-10-28(23(2)20-27)24-11-15-38(16-12-24)19-18-36(3)4;1-3-2/h7-10,13-14,17,20-21,24H,6,11-12,15-16,18-19,22H2,1-5H3,(H,33,34,35);2H,1H3. The summed E-state index contributed by atoms with van der Waals surface area (Å²) in [6.07, 6.45) is 8.28. The molecule has 10 heteroatoms. The van der Waals surface area contributed by atoms with Crippen LogP contribution >= 0.6 is 0 Å². The molecule has 3 aromatic heterocycles. The Bertz CT molecular complexity index is 1410. The van der Waals surface area contributed by atoms with Crippen molar-refractivity contribution in [3.63, 3.8) is 0 Å². The lowest BCUT2D eigenvalue weighted by Crippen LogP contribution is -2.37. The van der Waals surface area contributed by atoms with Crippen LogP contribution in [-0.2, 0) is 11.4 Å². The number of aryl methyl sites for hydroxylation is 1. The normalized spacial score (nSPS) is 14.2. The minimum absolute atomic E-state index is 0.612. The fourth-order valence-electron chi connectivity index (χ4n) is 5.54. The van der Waals surface area contributed by atoms with Crippen LogP contribution in [0.3, 0.4) is 0 Å². The zero-order chi connectivity index (χ0) is 30.1. The Hall–Kier alpha value is -3.57. The van der Waals surface area contributed by atoms with Crippen molar-refractivity contribution in [2.75, 3.05) is 71.2 Å². The summed E-state index contributed by atoms with van der Waals surface area (Å²) >= 11 is 0. The van der Waals surface area contributed by atoms with Gasteiger partial charge in [0.2, 0.25) is 5.95 Å². The molecule has 10 nitrogen and oxygen atoms in total. The minimum Gasteiger partial charge on any atom is -0.360 e. The first-order chi connectivity index (χ1) is 20.3. The smallest absolute Gasteiger partial charge is 0.229 e. The van der Waals surface area contributed by atoms with Gasteiger partial charge >= 0.3 is 0 Å². The van der Waals surface area contributed by atoms with Crippen molar-refractivity contribution in [1.82, 2.24) is 29.3 Å². The van der Waals surface area contributed by atoms with E-state index in [4.69, 9.17) is 10.2 Å². The van der Waals surface area contributed by atoms with Crippen molar-refractivity contribution in [1.29, 1.82) is 0 Å². The molecule has 1 aromatic carbocycles. The third-order valence-corrected chi connectivity index (χ3v) is 7.96. The number of pyridine rings is 1. The molecule has 0 aliphatic carbocycles. The molecule has 0 amide bonds. The van der Waals surface area contributed by atoms with E-state index >= 15 is 0 Å². The topological polar surface area (TPSA) is 94.8 Å². The molecule has 226 valence electrons. The summed E-state index contributed by atoms with van der Waals surface area (Å²) in [5, 5.41) is 11.5. The maximum atomic E-state index is 7.07. The Labute approximate surface area is 249 Å². The molecule has 1 aliphatic heterocycles. The van der Waals surface area contributed by atoms with Crippen molar-refractivity contribution in [3.8, 4) is 0 Å². The second-order valence-electron chi connectivity index (χ2n) is 11.2. The quantitative estimate of drug-likeness (QED) is 0.195. The summed E-state index contributed by atoms with van der Waals surface area (Å²) in [7, 11) is 7.56. The summed E-state index contributed by atoms with van der Waals surface area (Å²) in [5.41, 5.74) is 5.91. The zero-order valence-electron chi connectivity index (χ0n) is 25.9. The van der Waals surface area contributed by atoms with Gasteiger partial charge in [-0.2, -0.15) is 4.98 Å². The first kappa shape index (κ1) is 31.4. The molecule has 1 fully saturated rings. The fraction of sp³-hybridized carbons (Fsp3) is 0.469. The average Bonchev–Trinajstić information content (AvgIpc) is 3.38. The molecule has 0 unspecified atom stereocenters. The lowest BCUT2D eigenvalue weighted by atomic mass is 9.86. The van der Waals surface area contributed by atoms with Crippen LogP contribution in [0.5, 0.6) is 0 Å². The summed E-state index contributed by atoms with van der Waals surface area (Å²) < 4.78 is 2.17. The second kappa shape index (κ2) is 15.1. The molecule has 0 spiro atoms. The monoisotopic (exact) mass is 574 g/mol. The van der Waals surface area contributed by atoms with Gasteiger partial charge in [0.15, 0.2) is 0 Å². The van der Waals surface area contributed by atoms with E-state index in [1.165, 1.54) is 49.7 Å². The van der Waals surface area contributed by atoms with Gasteiger partial charge in [-0.05, 0) is 95.2 Å². The van der Waals surface area contributed by atoms with Gasteiger partial charge in [-0.15, -0.1) is 0 Å². The molecule has 0 saturated carbocycles. The lowest BCUT2D eigenvalue weighted by Gasteiger charge is -2.33. The van der Waals surface area contributed by atoms with Crippen molar-refractivity contribution < 1.29 is 10.1 Å². The maximum absolute atomic E-state index is 7.07. The number of aromatic nitrogens is 4. The number of hydrogen-bond acceptors (Lipinski definition) is 9. The Kier molecular flexibility index (Phi) is 11.2. The second-order valence-corrected chi connectivity index (χ2v) is 11.2. The molecule has 0 radical (unpaired) electrons. The molecule has 1 aliphatic rings. The third-order valence-electron chi connectivity index (χ3n) is 7.96. The third kappa shape index (κ3) is 8.04. The van der Waals surface area contributed by atoms with Crippen LogP contribution in [0.15, 0.2) is 55.0 Å². The van der Waals surface area contributed by atoms with Crippen LogP contribution in [0.2, 0.25) is 0 Å². The molecular weight excluding hydrogens is 528 g/mol. The van der Waals surface area contributed by atoms with Crippen LogP contribution in [0.25, 0.3) is 11.0 Å². The maximum Gasteiger partial charge on any atom is 0.229 e. The van der Waals surface area contributed by atoms with Gasteiger partial charge in [-0.25, -0.2) is 14.9 Å².